The number of hydrogen-bond donors (Lipinski definition) is 2. The molecular weight excluding hydrogens is 362 g/mol. The zero-order valence-corrected chi connectivity index (χ0v) is 16.7. The highest BCUT2D eigenvalue weighted by molar-refractivity contribution is 6.08. The molecule has 1 atom stereocenters. The van der Waals surface area contributed by atoms with Crippen LogP contribution in [-0.2, 0) is 25.7 Å². The molecule has 28 heavy (non-hydrogen) atoms. The first-order valence-corrected chi connectivity index (χ1v) is 9.39. The Morgan fingerprint density at radius 3 is 2.32 bits per heavy atom. The number of carbonyl (C=O) groups excluding carboxylic acids is 4. The average molecular weight is 389 g/mol. The van der Waals surface area contributed by atoms with Gasteiger partial charge in [-0.15, -0.1) is 0 Å². The standard InChI is InChI=1S/C20H27N3O5/c1-5-20(6-2)18(26)23(19(27)22-20)12-16(24)28-14(4)17(25)21-11-15-9-7-13(3)8-10-15/h7-10,14H,5-6,11-12H2,1-4H3,(H,21,25)(H,22,27)/t14-/m0/s1. The van der Waals surface area contributed by atoms with E-state index in [0.717, 1.165) is 16.0 Å². The lowest BCUT2D eigenvalue weighted by Crippen LogP contribution is -2.46. The fourth-order valence-corrected chi connectivity index (χ4v) is 3.00. The Hall–Kier alpha value is -2.90. The molecule has 152 valence electrons. The first-order chi connectivity index (χ1) is 13.2. The Balaban J connectivity index is 1.86. The molecule has 4 amide bonds. The average Bonchev–Trinajstić information content (AvgIpc) is 2.91. The van der Waals surface area contributed by atoms with Crippen LogP contribution in [0.5, 0.6) is 0 Å². The number of benzene rings is 1. The molecule has 2 N–H and O–H groups in total. The molecule has 0 spiro atoms. The molecule has 0 bridgehead atoms. The first kappa shape index (κ1) is 21.4. The molecule has 0 radical (unpaired) electrons. The molecule has 1 aromatic rings. The fraction of sp³-hybridized carbons (Fsp3) is 0.500. The molecule has 0 saturated carbocycles. The second-order valence-electron chi connectivity index (χ2n) is 6.95. The second kappa shape index (κ2) is 8.86. The third kappa shape index (κ3) is 4.68. The van der Waals surface area contributed by atoms with Gasteiger partial charge in [0, 0.05) is 6.54 Å². The van der Waals surface area contributed by atoms with Crippen molar-refractivity contribution < 1.29 is 23.9 Å². The van der Waals surface area contributed by atoms with Gasteiger partial charge in [0.2, 0.25) is 0 Å². The summed E-state index contributed by atoms with van der Waals surface area (Å²) >= 11 is 0. The summed E-state index contributed by atoms with van der Waals surface area (Å²) in [6.45, 7) is 6.79. The van der Waals surface area contributed by atoms with E-state index in [1.807, 2.05) is 31.2 Å². The maximum Gasteiger partial charge on any atom is 0.327 e. The van der Waals surface area contributed by atoms with E-state index in [2.05, 4.69) is 10.6 Å². The van der Waals surface area contributed by atoms with E-state index in [4.69, 9.17) is 4.74 Å². The van der Waals surface area contributed by atoms with Gasteiger partial charge < -0.3 is 15.4 Å². The van der Waals surface area contributed by atoms with E-state index in [-0.39, 0.29) is 0 Å². The van der Waals surface area contributed by atoms with E-state index in [0.29, 0.717) is 19.4 Å². The molecular formula is C20H27N3O5. The van der Waals surface area contributed by atoms with Gasteiger partial charge >= 0.3 is 12.0 Å². The summed E-state index contributed by atoms with van der Waals surface area (Å²) in [6.07, 6.45) is -0.185. The van der Waals surface area contributed by atoms with Crippen LogP contribution in [0.2, 0.25) is 0 Å². The second-order valence-corrected chi connectivity index (χ2v) is 6.95. The lowest BCUT2D eigenvalue weighted by Gasteiger charge is -2.23. The smallest absolute Gasteiger partial charge is 0.327 e. The van der Waals surface area contributed by atoms with Gasteiger partial charge in [0.05, 0.1) is 0 Å². The van der Waals surface area contributed by atoms with Crippen LogP contribution in [-0.4, -0.2) is 46.9 Å². The SMILES string of the molecule is CCC1(CC)NC(=O)N(CC(=O)O[C@@H](C)C(=O)NCc2ccc(C)cc2)C1=O. The lowest BCUT2D eigenvalue weighted by atomic mass is 9.93. The normalized spacial score (nSPS) is 16.5. The summed E-state index contributed by atoms with van der Waals surface area (Å²) < 4.78 is 5.09. The number of amides is 4. The maximum absolute atomic E-state index is 12.5. The number of ether oxygens (including phenoxy) is 1. The number of esters is 1. The van der Waals surface area contributed by atoms with Crippen LogP contribution in [0.3, 0.4) is 0 Å². The Kier molecular flexibility index (Phi) is 6.77. The minimum atomic E-state index is -1.04. The molecule has 2 rings (SSSR count). The van der Waals surface area contributed by atoms with Crippen molar-refractivity contribution in [2.45, 2.75) is 58.7 Å². The molecule has 1 aromatic carbocycles. The third-order valence-corrected chi connectivity index (χ3v) is 5.01. The van der Waals surface area contributed by atoms with Crippen molar-refractivity contribution in [3.63, 3.8) is 0 Å². The Morgan fingerprint density at radius 1 is 1.18 bits per heavy atom. The van der Waals surface area contributed by atoms with Crippen LogP contribution < -0.4 is 10.6 Å². The Labute approximate surface area is 164 Å². The fourth-order valence-electron chi connectivity index (χ4n) is 3.00. The molecule has 8 heteroatoms. The van der Waals surface area contributed by atoms with E-state index < -0.39 is 42.0 Å². The van der Waals surface area contributed by atoms with Gasteiger partial charge in [-0.2, -0.15) is 0 Å². The minimum absolute atomic E-state index is 0.309. The molecule has 1 saturated heterocycles. The number of nitrogens with one attached hydrogen (secondary N) is 2. The van der Waals surface area contributed by atoms with Gasteiger partial charge in [0.1, 0.15) is 12.1 Å². The van der Waals surface area contributed by atoms with E-state index >= 15 is 0 Å². The molecule has 1 aliphatic heterocycles. The van der Waals surface area contributed by atoms with Crippen LogP contribution >= 0.6 is 0 Å². The summed E-state index contributed by atoms with van der Waals surface area (Å²) in [7, 11) is 0. The number of nitrogens with zero attached hydrogens (tertiary/aromatic N) is 1. The van der Waals surface area contributed by atoms with Crippen molar-refractivity contribution in [2.24, 2.45) is 0 Å². The summed E-state index contributed by atoms with van der Waals surface area (Å²) in [5.41, 5.74) is 1.06. The summed E-state index contributed by atoms with van der Waals surface area (Å²) in [6, 6.07) is 7.06. The number of carbonyl (C=O) groups is 4. The summed E-state index contributed by atoms with van der Waals surface area (Å²) in [5.74, 6) is -1.72. The van der Waals surface area contributed by atoms with Crippen molar-refractivity contribution in [2.75, 3.05) is 6.54 Å². The van der Waals surface area contributed by atoms with Gasteiger partial charge in [0.25, 0.3) is 11.8 Å². The number of hydrogen-bond acceptors (Lipinski definition) is 5. The van der Waals surface area contributed by atoms with Crippen molar-refractivity contribution in [1.82, 2.24) is 15.5 Å². The number of rotatable bonds is 8. The van der Waals surface area contributed by atoms with E-state index in [9.17, 15) is 19.2 Å². The molecule has 1 fully saturated rings. The Morgan fingerprint density at radius 2 is 1.79 bits per heavy atom. The van der Waals surface area contributed by atoms with E-state index in [1.165, 1.54) is 6.92 Å². The lowest BCUT2D eigenvalue weighted by molar-refractivity contribution is -0.156. The number of urea groups is 1. The van der Waals surface area contributed by atoms with Crippen LogP contribution in [0.1, 0.15) is 44.7 Å². The van der Waals surface area contributed by atoms with Gasteiger partial charge in [-0.05, 0) is 32.3 Å². The van der Waals surface area contributed by atoms with E-state index in [1.54, 1.807) is 13.8 Å². The van der Waals surface area contributed by atoms with Gasteiger partial charge in [-0.3, -0.25) is 19.3 Å². The summed E-state index contributed by atoms with van der Waals surface area (Å²) in [5, 5.41) is 5.33. The summed E-state index contributed by atoms with van der Waals surface area (Å²) in [4.78, 5) is 49.7. The highest BCUT2D eigenvalue weighted by Crippen LogP contribution is 2.24. The predicted molar refractivity (Wildman–Crippen MR) is 102 cm³/mol. The highest BCUT2D eigenvalue weighted by atomic mass is 16.5. The van der Waals surface area contributed by atoms with Gasteiger partial charge in [-0.25, -0.2) is 4.79 Å². The Bertz CT molecular complexity index is 756. The monoisotopic (exact) mass is 389 g/mol. The first-order valence-electron chi connectivity index (χ1n) is 9.39. The van der Waals surface area contributed by atoms with Gasteiger partial charge in [0.15, 0.2) is 6.10 Å². The molecule has 0 aromatic heterocycles. The molecule has 0 unspecified atom stereocenters. The third-order valence-electron chi connectivity index (χ3n) is 5.01. The van der Waals surface area contributed by atoms with Crippen molar-refractivity contribution in [3.05, 3.63) is 35.4 Å². The molecule has 1 heterocycles. The quantitative estimate of drug-likeness (QED) is 0.520. The van der Waals surface area contributed by atoms with Crippen molar-refractivity contribution in [3.8, 4) is 0 Å². The molecule has 8 nitrogen and oxygen atoms in total. The van der Waals surface area contributed by atoms with Crippen LogP contribution in [0, 0.1) is 6.92 Å². The van der Waals surface area contributed by atoms with Crippen molar-refractivity contribution in [1.29, 1.82) is 0 Å². The number of imide groups is 1. The van der Waals surface area contributed by atoms with Crippen LogP contribution in [0.4, 0.5) is 4.79 Å². The topological polar surface area (TPSA) is 105 Å². The minimum Gasteiger partial charge on any atom is -0.451 e. The van der Waals surface area contributed by atoms with Gasteiger partial charge in [-0.1, -0.05) is 43.7 Å². The zero-order valence-electron chi connectivity index (χ0n) is 16.7. The zero-order chi connectivity index (χ0) is 20.9. The predicted octanol–water partition coefficient (Wildman–Crippen LogP) is 1.65. The molecule has 0 aliphatic carbocycles. The van der Waals surface area contributed by atoms with Crippen LogP contribution in [0.15, 0.2) is 24.3 Å². The van der Waals surface area contributed by atoms with Crippen LogP contribution in [0.25, 0.3) is 0 Å². The number of aryl methyl sites for hydroxylation is 1. The molecule has 1 aliphatic rings. The largest absolute Gasteiger partial charge is 0.451 e. The highest BCUT2D eigenvalue weighted by Gasteiger charge is 2.49. The van der Waals surface area contributed by atoms with Crippen molar-refractivity contribution >= 4 is 23.8 Å². The maximum atomic E-state index is 12.5.